The predicted octanol–water partition coefficient (Wildman–Crippen LogP) is 4.73. The maximum atomic E-state index is 11.6. The van der Waals surface area contributed by atoms with Crippen LogP contribution < -0.4 is 5.43 Å². The zero-order chi connectivity index (χ0) is 13.9. The van der Waals surface area contributed by atoms with Gasteiger partial charge in [-0.05, 0) is 23.0 Å². The van der Waals surface area contributed by atoms with Gasteiger partial charge in [0.25, 0.3) is 0 Å². The molecular formula is C15H26OS. The predicted molar refractivity (Wildman–Crippen MR) is 79.3 cm³/mol. The van der Waals surface area contributed by atoms with Gasteiger partial charge >= 0.3 is 0 Å². The summed E-state index contributed by atoms with van der Waals surface area (Å²) in [4.78, 5) is 13.9. The minimum atomic E-state index is 0.0606. The molecule has 0 spiro atoms. The van der Waals surface area contributed by atoms with E-state index in [4.69, 9.17) is 0 Å². The van der Waals surface area contributed by atoms with Crippen LogP contribution in [0.3, 0.4) is 0 Å². The lowest BCUT2D eigenvalue weighted by molar-refractivity contribution is 0.592. The van der Waals surface area contributed by atoms with Crippen molar-refractivity contribution in [2.45, 2.75) is 66.2 Å². The van der Waals surface area contributed by atoms with Crippen molar-refractivity contribution < 1.29 is 0 Å². The minimum Gasteiger partial charge on any atom is -0.290 e. The van der Waals surface area contributed by atoms with Crippen LogP contribution in [0, 0.1) is 0 Å². The molecule has 0 amide bonds. The molecule has 0 N–H and O–H groups in total. The fourth-order valence-corrected chi connectivity index (χ4v) is 2.42. The molecule has 0 fully saturated rings. The maximum absolute atomic E-state index is 11.6. The summed E-state index contributed by atoms with van der Waals surface area (Å²) in [6.07, 6.45) is 0. The van der Waals surface area contributed by atoms with Crippen LogP contribution in [0.4, 0.5) is 0 Å². The molecule has 0 atom stereocenters. The fraction of sp³-hybridized carbons (Fsp3) is 0.667. The molecule has 2 heteroatoms. The molecule has 0 aliphatic heterocycles. The van der Waals surface area contributed by atoms with Crippen molar-refractivity contribution in [3.8, 4) is 0 Å². The molecule has 0 aliphatic carbocycles. The Hall–Kier alpha value is -0.630. The smallest absolute Gasteiger partial charge is 0.180 e. The lowest BCUT2D eigenvalue weighted by Gasteiger charge is -2.23. The van der Waals surface area contributed by atoms with Crippen LogP contribution in [0.15, 0.2) is 16.9 Å². The summed E-state index contributed by atoms with van der Waals surface area (Å²) in [6, 6.07) is 3.53. The van der Waals surface area contributed by atoms with Crippen LogP contribution in [0.2, 0.25) is 0 Å². The molecule has 0 aliphatic rings. The first-order chi connectivity index (χ1) is 7.60. The Balaban J connectivity index is 0.00000121. The van der Waals surface area contributed by atoms with Gasteiger partial charge in [0.15, 0.2) is 5.43 Å². The van der Waals surface area contributed by atoms with Crippen LogP contribution in [0.25, 0.3) is 0 Å². The van der Waals surface area contributed by atoms with Crippen molar-refractivity contribution in [2.75, 3.05) is 0 Å². The van der Waals surface area contributed by atoms with Crippen molar-refractivity contribution in [3.05, 3.63) is 32.1 Å². The highest BCUT2D eigenvalue weighted by Crippen LogP contribution is 2.32. The normalized spacial score (nSPS) is 11.8. The molecular weight excluding hydrogens is 228 g/mol. The van der Waals surface area contributed by atoms with Crippen LogP contribution in [0.1, 0.15) is 65.1 Å². The summed E-state index contributed by atoms with van der Waals surface area (Å²) in [5, 5.41) is 0. The third-order valence-electron chi connectivity index (χ3n) is 2.25. The van der Waals surface area contributed by atoms with E-state index in [2.05, 4.69) is 41.5 Å². The van der Waals surface area contributed by atoms with Crippen LogP contribution in [0.5, 0.6) is 0 Å². The number of hydrogen-bond acceptors (Lipinski definition) is 2. The lowest BCUT2D eigenvalue weighted by atomic mass is 9.93. The average Bonchev–Trinajstić information content (AvgIpc) is 2.17. The molecule has 0 radical (unpaired) electrons. The molecule has 1 nitrogen and oxygen atoms in total. The Morgan fingerprint density at radius 1 is 0.824 bits per heavy atom. The van der Waals surface area contributed by atoms with Gasteiger partial charge < -0.3 is 0 Å². The molecule has 17 heavy (non-hydrogen) atoms. The van der Waals surface area contributed by atoms with Gasteiger partial charge in [-0.25, -0.2) is 0 Å². The largest absolute Gasteiger partial charge is 0.290 e. The zero-order valence-corrected chi connectivity index (χ0v) is 13.3. The van der Waals surface area contributed by atoms with Crippen molar-refractivity contribution in [3.63, 3.8) is 0 Å². The molecule has 1 rings (SSSR count). The topological polar surface area (TPSA) is 17.1 Å². The second-order valence-electron chi connectivity index (χ2n) is 6.02. The standard InChI is InChI=1S/C13H20OS.C2H6/c1-12(2,3)10-7-9(14)8-11(15-10)13(4,5)6;1-2/h7-8H,1-6H3;1-2H3. The van der Waals surface area contributed by atoms with E-state index >= 15 is 0 Å². The average molecular weight is 254 g/mol. The summed E-state index contributed by atoms with van der Waals surface area (Å²) >= 11 is 1.75. The van der Waals surface area contributed by atoms with E-state index in [1.807, 2.05) is 13.8 Å². The molecule has 0 saturated heterocycles. The highest BCUT2D eigenvalue weighted by Gasteiger charge is 2.20. The highest BCUT2D eigenvalue weighted by molar-refractivity contribution is 7.12. The third-order valence-corrected chi connectivity index (χ3v) is 4.15. The first kappa shape index (κ1) is 16.4. The SMILES string of the molecule is CC.CC(C)(C)c1cc(=O)cc(C(C)(C)C)s1. The molecule has 98 valence electrons. The Morgan fingerprint density at radius 2 is 1.12 bits per heavy atom. The van der Waals surface area contributed by atoms with E-state index in [1.54, 1.807) is 23.5 Å². The quantitative estimate of drug-likeness (QED) is 0.654. The second kappa shape index (κ2) is 5.81. The van der Waals surface area contributed by atoms with Gasteiger partial charge in [-0.1, -0.05) is 55.4 Å². The monoisotopic (exact) mass is 254 g/mol. The summed E-state index contributed by atoms with van der Waals surface area (Å²) in [6.45, 7) is 16.9. The Morgan fingerprint density at radius 3 is 1.35 bits per heavy atom. The van der Waals surface area contributed by atoms with E-state index in [1.165, 1.54) is 9.75 Å². The maximum Gasteiger partial charge on any atom is 0.180 e. The molecule has 1 aromatic rings. The first-order valence-electron chi connectivity index (χ1n) is 6.27. The van der Waals surface area contributed by atoms with Gasteiger partial charge in [-0.3, -0.25) is 4.79 Å². The minimum absolute atomic E-state index is 0.0606. The van der Waals surface area contributed by atoms with E-state index in [9.17, 15) is 4.79 Å². The Kier molecular flexibility index (Phi) is 5.60. The number of rotatable bonds is 0. The third kappa shape index (κ3) is 5.03. The Bertz CT molecular complexity index is 367. The van der Waals surface area contributed by atoms with E-state index < -0.39 is 0 Å². The number of hydrogen-bond donors (Lipinski definition) is 0. The summed E-state index contributed by atoms with van der Waals surface area (Å²) < 4.78 is 0. The molecule has 0 saturated carbocycles. The van der Waals surface area contributed by atoms with Gasteiger partial charge in [0.1, 0.15) is 0 Å². The van der Waals surface area contributed by atoms with Gasteiger partial charge in [0.05, 0.1) is 0 Å². The summed E-state index contributed by atoms with van der Waals surface area (Å²) in [7, 11) is 0. The van der Waals surface area contributed by atoms with E-state index in [0.717, 1.165) is 0 Å². The summed E-state index contributed by atoms with van der Waals surface area (Å²) in [5.41, 5.74) is 0.250. The van der Waals surface area contributed by atoms with E-state index in [0.29, 0.717) is 0 Å². The molecule has 1 heterocycles. The summed E-state index contributed by atoms with van der Waals surface area (Å²) in [5.74, 6) is 0. The van der Waals surface area contributed by atoms with Crippen LogP contribution in [-0.4, -0.2) is 0 Å². The zero-order valence-electron chi connectivity index (χ0n) is 12.5. The van der Waals surface area contributed by atoms with Gasteiger partial charge in [-0.2, -0.15) is 0 Å². The second-order valence-corrected chi connectivity index (χ2v) is 7.11. The van der Waals surface area contributed by atoms with E-state index in [-0.39, 0.29) is 16.3 Å². The molecule has 0 unspecified atom stereocenters. The van der Waals surface area contributed by atoms with Crippen molar-refractivity contribution >= 4 is 11.3 Å². The fourth-order valence-electron chi connectivity index (χ4n) is 1.22. The lowest BCUT2D eigenvalue weighted by Crippen LogP contribution is -2.18. The van der Waals surface area contributed by atoms with Crippen LogP contribution >= 0.6 is 11.3 Å². The highest BCUT2D eigenvalue weighted by atomic mass is 32.1. The molecule has 1 aromatic heterocycles. The van der Waals surface area contributed by atoms with Crippen molar-refractivity contribution in [2.24, 2.45) is 0 Å². The van der Waals surface area contributed by atoms with Crippen molar-refractivity contribution in [1.29, 1.82) is 0 Å². The molecule has 0 bridgehead atoms. The molecule has 0 aromatic carbocycles. The van der Waals surface area contributed by atoms with Crippen LogP contribution in [-0.2, 0) is 10.8 Å². The van der Waals surface area contributed by atoms with Gasteiger partial charge in [0, 0.05) is 9.75 Å². The van der Waals surface area contributed by atoms with Gasteiger partial charge in [-0.15, -0.1) is 11.3 Å². The Labute approximate surface area is 110 Å². The van der Waals surface area contributed by atoms with Gasteiger partial charge in [0.2, 0.25) is 0 Å². The van der Waals surface area contributed by atoms with Crippen molar-refractivity contribution in [1.82, 2.24) is 0 Å². The first-order valence-corrected chi connectivity index (χ1v) is 7.08.